The van der Waals surface area contributed by atoms with E-state index in [2.05, 4.69) is 10.2 Å². The van der Waals surface area contributed by atoms with Crippen LogP contribution in [0, 0.1) is 5.82 Å². The Kier molecular flexibility index (Phi) is 8.91. The minimum Gasteiger partial charge on any atom is -0.481 e. The van der Waals surface area contributed by atoms with Gasteiger partial charge in [0.1, 0.15) is 17.7 Å². The monoisotopic (exact) mass is 529 g/mol. The van der Waals surface area contributed by atoms with E-state index in [0.29, 0.717) is 49.8 Å². The van der Waals surface area contributed by atoms with Crippen LogP contribution < -0.4 is 5.32 Å². The second kappa shape index (κ2) is 12.3. The molecule has 0 saturated carbocycles. The molecular formula is C27H29ClFN3O5. The number of nitrogens with one attached hydrogen (secondary N) is 1. The quantitative estimate of drug-likeness (QED) is 0.474. The van der Waals surface area contributed by atoms with Crippen LogP contribution in [0.1, 0.15) is 36.9 Å². The molecule has 2 heterocycles. The highest BCUT2D eigenvalue weighted by atomic mass is 35.5. The van der Waals surface area contributed by atoms with Crippen LogP contribution in [-0.4, -0.2) is 66.7 Å². The lowest BCUT2D eigenvalue weighted by atomic mass is 9.94. The zero-order valence-electron chi connectivity index (χ0n) is 20.5. The first-order chi connectivity index (χ1) is 17.9. The van der Waals surface area contributed by atoms with Crippen LogP contribution in [0.15, 0.2) is 64.8 Å². The number of hydrogen-bond donors (Lipinski definition) is 2. The molecule has 0 amide bonds. The van der Waals surface area contributed by atoms with Gasteiger partial charge >= 0.3 is 11.9 Å². The Balaban J connectivity index is 1.79. The summed E-state index contributed by atoms with van der Waals surface area (Å²) in [4.78, 5) is 31.5. The van der Waals surface area contributed by atoms with E-state index in [0.717, 1.165) is 5.56 Å². The van der Waals surface area contributed by atoms with Crippen molar-refractivity contribution in [1.82, 2.24) is 10.2 Å². The second-order valence-electron chi connectivity index (χ2n) is 8.78. The summed E-state index contributed by atoms with van der Waals surface area (Å²) in [6.07, 6.45) is 0.413. The zero-order valence-corrected chi connectivity index (χ0v) is 21.2. The fourth-order valence-electron chi connectivity index (χ4n) is 4.52. The van der Waals surface area contributed by atoms with Crippen molar-refractivity contribution in [1.29, 1.82) is 0 Å². The average molecular weight is 530 g/mol. The van der Waals surface area contributed by atoms with Gasteiger partial charge in [0.05, 0.1) is 25.4 Å². The van der Waals surface area contributed by atoms with Gasteiger partial charge in [-0.3, -0.25) is 14.7 Å². The fourth-order valence-corrected chi connectivity index (χ4v) is 4.79. The molecule has 2 unspecified atom stereocenters. The lowest BCUT2D eigenvalue weighted by Crippen LogP contribution is -2.49. The van der Waals surface area contributed by atoms with Gasteiger partial charge in [0, 0.05) is 47.4 Å². The third kappa shape index (κ3) is 6.54. The zero-order chi connectivity index (χ0) is 26.4. The SMILES string of the molecule is CCOC(=O)C1=C(CN2CCOCC2CCC(=O)O)NC(c2ccccc2)=NC1c1ccc(F)cc1Cl. The normalized spacial score (nSPS) is 20.2. The van der Waals surface area contributed by atoms with Crippen molar-refractivity contribution in [3.63, 3.8) is 0 Å². The summed E-state index contributed by atoms with van der Waals surface area (Å²) < 4.78 is 24.9. The Morgan fingerprint density at radius 3 is 2.76 bits per heavy atom. The van der Waals surface area contributed by atoms with E-state index >= 15 is 0 Å². The second-order valence-corrected chi connectivity index (χ2v) is 9.19. The maximum Gasteiger partial charge on any atom is 0.338 e. The van der Waals surface area contributed by atoms with Crippen LogP contribution in [0.2, 0.25) is 5.02 Å². The average Bonchev–Trinajstić information content (AvgIpc) is 2.88. The van der Waals surface area contributed by atoms with Gasteiger partial charge in [0.15, 0.2) is 0 Å². The summed E-state index contributed by atoms with van der Waals surface area (Å²) >= 11 is 6.45. The van der Waals surface area contributed by atoms with E-state index in [9.17, 15) is 19.1 Å². The van der Waals surface area contributed by atoms with Crippen LogP contribution >= 0.6 is 11.6 Å². The Bertz CT molecular complexity index is 1200. The highest BCUT2D eigenvalue weighted by Gasteiger charge is 2.35. The first-order valence-electron chi connectivity index (χ1n) is 12.2. The number of esters is 1. The van der Waals surface area contributed by atoms with Crippen LogP contribution in [0.25, 0.3) is 0 Å². The number of hydrogen-bond acceptors (Lipinski definition) is 7. The molecule has 2 aromatic carbocycles. The summed E-state index contributed by atoms with van der Waals surface area (Å²) in [5.41, 5.74) is 2.12. The van der Waals surface area contributed by atoms with E-state index in [1.165, 1.54) is 18.2 Å². The van der Waals surface area contributed by atoms with Crippen molar-refractivity contribution >= 4 is 29.4 Å². The number of carboxylic acid groups (broad SMARTS) is 1. The number of aliphatic imine (C=N–C) groups is 1. The third-order valence-electron chi connectivity index (χ3n) is 6.33. The number of benzene rings is 2. The van der Waals surface area contributed by atoms with Gasteiger partial charge in [-0.2, -0.15) is 0 Å². The van der Waals surface area contributed by atoms with E-state index in [1.807, 2.05) is 30.3 Å². The Hall–Kier alpha value is -3.27. The largest absolute Gasteiger partial charge is 0.481 e. The van der Waals surface area contributed by atoms with Crippen LogP contribution in [-0.2, 0) is 19.1 Å². The molecule has 2 N–H and O–H groups in total. The van der Waals surface area contributed by atoms with Crippen molar-refractivity contribution in [2.45, 2.75) is 31.8 Å². The molecule has 2 atom stereocenters. The fraction of sp³-hybridized carbons (Fsp3) is 0.370. The summed E-state index contributed by atoms with van der Waals surface area (Å²) in [5, 5.41) is 12.7. The number of halogens is 2. The molecule has 0 aliphatic carbocycles. The van der Waals surface area contributed by atoms with E-state index in [4.69, 9.17) is 26.1 Å². The van der Waals surface area contributed by atoms with Gasteiger partial charge in [-0.25, -0.2) is 9.18 Å². The van der Waals surface area contributed by atoms with E-state index < -0.39 is 23.8 Å². The first kappa shape index (κ1) is 26.8. The number of ether oxygens (including phenoxy) is 2. The highest BCUT2D eigenvalue weighted by molar-refractivity contribution is 6.31. The number of carbonyl (C=O) groups excluding carboxylic acids is 1. The maximum absolute atomic E-state index is 13.9. The molecule has 1 saturated heterocycles. The molecule has 2 aromatic rings. The van der Waals surface area contributed by atoms with Crippen LogP contribution in [0.4, 0.5) is 4.39 Å². The minimum absolute atomic E-state index is 0.00622. The van der Waals surface area contributed by atoms with E-state index in [-0.39, 0.29) is 29.7 Å². The number of aliphatic carboxylic acids is 1. The molecule has 0 radical (unpaired) electrons. The van der Waals surface area contributed by atoms with Gasteiger partial charge in [-0.15, -0.1) is 0 Å². The van der Waals surface area contributed by atoms with Gasteiger partial charge < -0.3 is 19.9 Å². The molecule has 1 fully saturated rings. The molecule has 2 aliphatic heterocycles. The number of carboxylic acids is 1. The number of carbonyl (C=O) groups is 2. The smallest absolute Gasteiger partial charge is 0.338 e. The molecule has 196 valence electrons. The lowest BCUT2D eigenvalue weighted by molar-refractivity contribution is -0.139. The summed E-state index contributed by atoms with van der Waals surface area (Å²) in [6, 6.07) is 12.5. The molecule has 0 aromatic heterocycles. The predicted molar refractivity (Wildman–Crippen MR) is 137 cm³/mol. The van der Waals surface area contributed by atoms with Crippen molar-refractivity contribution in [2.24, 2.45) is 4.99 Å². The molecule has 37 heavy (non-hydrogen) atoms. The third-order valence-corrected chi connectivity index (χ3v) is 6.66. The highest BCUT2D eigenvalue weighted by Crippen LogP contribution is 2.37. The predicted octanol–water partition coefficient (Wildman–Crippen LogP) is 3.95. The number of amidine groups is 1. The van der Waals surface area contributed by atoms with Gasteiger partial charge in [-0.1, -0.05) is 48.0 Å². The Morgan fingerprint density at radius 1 is 1.27 bits per heavy atom. The molecule has 8 nitrogen and oxygen atoms in total. The summed E-state index contributed by atoms with van der Waals surface area (Å²) in [5.74, 6) is -1.39. The van der Waals surface area contributed by atoms with Crippen molar-refractivity contribution in [2.75, 3.05) is 32.9 Å². The van der Waals surface area contributed by atoms with Crippen molar-refractivity contribution < 1.29 is 28.6 Å². The maximum atomic E-state index is 13.9. The summed E-state index contributed by atoms with van der Waals surface area (Å²) in [6.45, 7) is 3.62. The van der Waals surface area contributed by atoms with Crippen LogP contribution in [0.5, 0.6) is 0 Å². The molecular weight excluding hydrogens is 501 g/mol. The standard InChI is InChI=1S/C27H29ClFN3O5/c1-2-37-27(35)24-22(15-32-12-13-36-16-19(32)9-11-23(33)34)30-26(17-6-4-3-5-7-17)31-25(24)20-10-8-18(29)14-21(20)28/h3-8,10,14,19,25H,2,9,11-13,15-16H2,1H3,(H,30,31)(H,33,34). The Labute approximate surface area is 219 Å². The first-order valence-corrected chi connectivity index (χ1v) is 12.5. The number of morpholine rings is 1. The van der Waals surface area contributed by atoms with Gasteiger partial charge in [0.2, 0.25) is 0 Å². The van der Waals surface area contributed by atoms with Gasteiger partial charge in [-0.05, 0) is 25.5 Å². The number of rotatable bonds is 9. The van der Waals surface area contributed by atoms with Crippen molar-refractivity contribution in [3.8, 4) is 0 Å². The molecule has 4 rings (SSSR count). The topological polar surface area (TPSA) is 100 Å². The number of nitrogens with zero attached hydrogens (tertiary/aromatic N) is 2. The van der Waals surface area contributed by atoms with Crippen LogP contribution in [0.3, 0.4) is 0 Å². The molecule has 10 heteroatoms. The molecule has 0 spiro atoms. The molecule has 0 bridgehead atoms. The Morgan fingerprint density at radius 2 is 2.05 bits per heavy atom. The lowest BCUT2D eigenvalue weighted by Gasteiger charge is -2.38. The summed E-state index contributed by atoms with van der Waals surface area (Å²) in [7, 11) is 0. The van der Waals surface area contributed by atoms with Gasteiger partial charge in [0.25, 0.3) is 0 Å². The molecule has 2 aliphatic rings. The van der Waals surface area contributed by atoms with Crippen molar-refractivity contribution in [3.05, 3.63) is 81.8 Å². The minimum atomic E-state index is -0.878. The van der Waals surface area contributed by atoms with E-state index in [1.54, 1.807) is 6.92 Å².